The van der Waals surface area contributed by atoms with Crippen LogP contribution >= 0.6 is 22.7 Å². The zero-order chi connectivity index (χ0) is 17.6. The van der Waals surface area contributed by atoms with E-state index in [4.69, 9.17) is 10.5 Å². The highest BCUT2D eigenvalue weighted by molar-refractivity contribution is 7.23. The van der Waals surface area contributed by atoms with Gasteiger partial charge in [0.15, 0.2) is 5.13 Å². The average Bonchev–Trinajstić information content (AvgIpc) is 3.14. The largest absolute Gasteiger partial charge is 0.497 e. The van der Waals surface area contributed by atoms with Crippen LogP contribution in [-0.4, -0.2) is 23.0 Å². The third-order valence-electron chi connectivity index (χ3n) is 3.76. The number of fused-ring (bicyclic) bond motifs is 2. The quantitative estimate of drug-likeness (QED) is 0.568. The van der Waals surface area contributed by atoms with Gasteiger partial charge < -0.3 is 10.5 Å². The van der Waals surface area contributed by atoms with E-state index in [0.29, 0.717) is 15.7 Å². The van der Waals surface area contributed by atoms with E-state index < -0.39 is 0 Å². The van der Waals surface area contributed by atoms with E-state index in [1.165, 1.54) is 22.7 Å². The number of carbonyl (C=O) groups is 1. The van der Waals surface area contributed by atoms with Crippen LogP contribution in [0.25, 0.3) is 20.4 Å². The number of ether oxygens (including phenoxy) is 1. The zero-order valence-electron chi connectivity index (χ0n) is 13.5. The molecule has 0 atom stereocenters. The Hall–Kier alpha value is -2.71. The Morgan fingerprint density at radius 2 is 2.04 bits per heavy atom. The number of anilines is 2. The Labute approximate surface area is 151 Å². The van der Waals surface area contributed by atoms with Crippen LogP contribution in [0.2, 0.25) is 0 Å². The lowest BCUT2D eigenvalue weighted by atomic mass is 10.2. The first kappa shape index (κ1) is 15.8. The van der Waals surface area contributed by atoms with Gasteiger partial charge in [0.05, 0.1) is 23.0 Å². The number of nitrogen functional groups attached to an aromatic ring is 1. The van der Waals surface area contributed by atoms with E-state index in [1.807, 2.05) is 37.3 Å². The summed E-state index contributed by atoms with van der Waals surface area (Å²) in [5.74, 6) is 0.480. The normalized spacial score (nSPS) is 11.1. The summed E-state index contributed by atoms with van der Waals surface area (Å²) in [6.45, 7) is 1.91. The summed E-state index contributed by atoms with van der Waals surface area (Å²) < 4.78 is 6.15. The summed E-state index contributed by atoms with van der Waals surface area (Å²) in [6, 6.07) is 9.37. The van der Waals surface area contributed by atoms with Gasteiger partial charge in [0.1, 0.15) is 15.5 Å². The van der Waals surface area contributed by atoms with Crippen LogP contribution in [0.3, 0.4) is 0 Å². The molecule has 0 aliphatic rings. The molecule has 3 heterocycles. The van der Waals surface area contributed by atoms with Crippen LogP contribution in [0.15, 0.2) is 30.3 Å². The van der Waals surface area contributed by atoms with Crippen molar-refractivity contribution in [2.24, 2.45) is 0 Å². The summed E-state index contributed by atoms with van der Waals surface area (Å²) in [6.07, 6.45) is 0. The minimum absolute atomic E-state index is 0.274. The number of pyridine rings is 1. The molecular weight excluding hydrogens is 356 g/mol. The first-order chi connectivity index (χ1) is 12.0. The Bertz CT molecular complexity index is 1120. The van der Waals surface area contributed by atoms with Gasteiger partial charge in [-0.2, -0.15) is 0 Å². The number of nitrogens with two attached hydrogens (primary N) is 1. The minimum atomic E-state index is -0.274. The van der Waals surface area contributed by atoms with Gasteiger partial charge in [-0.25, -0.2) is 9.97 Å². The van der Waals surface area contributed by atoms with Crippen LogP contribution in [0, 0.1) is 6.92 Å². The Kier molecular flexibility index (Phi) is 3.78. The zero-order valence-corrected chi connectivity index (χ0v) is 15.1. The monoisotopic (exact) mass is 370 g/mol. The first-order valence-corrected chi connectivity index (χ1v) is 9.10. The number of methoxy groups -OCH3 is 1. The maximum Gasteiger partial charge on any atom is 0.269 e. The molecule has 4 aromatic rings. The highest BCUT2D eigenvalue weighted by atomic mass is 32.1. The number of nitrogens with one attached hydrogen (secondary N) is 1. The predicted molar refractivity (Wildman–Crippen MR) is 103 cm³/mol. The molecular formula is C17H14N4O2S2. The topological polar surface area (TPSA) is 90.1 Å². The van der Waals surface area contributed by atoms with E-state index in [2.05, 4.69) is 15.3 Å². The third-order valence-corrected chi connectivity index (χ3v) is 5.80. The van der Waals surface area contributed by atoms with Crippen LogP contribution in [0.5, 0.6) is 5.75 Å². The van der Waals surface area contributed by atoms with E-state index in [0.717, 1.165) is 31.9 Å². The molecule has 0 saturated heterocycles. The Balaban J connectivity index is 1.66. The number of aryl methyl sites for hydroxylation is 1. The van der Waals surface area contributed by atoms with Crippen molar-refractivity contribution in [3.05, 3.63) is 40.9 Å². The van der Waals surface area contributed by atoms with Gasteiger partial charge in [0.25, 0.3) is 5.91 Å². The molecule has 6 nitrogen and oxygen atoms in total. The second kappa shape index (κ2) is 5.98. The van der Waals surface area contributed by atoms with Gasteiger partial charge in [-0.05, 0) is 37.3 Å². The molecule has 3 aromatic heterocycles. The summed E-state index contributed by atoms with van der Waals surface area (Å²) in [7, 11) is 1.62. The van der Waals surface area contributed by atoms with Crippen LogP contribution in [0.1, 0.15) is 15.4 Å². The molecule has 4 rings (SSSR count). The number of rotatable bonds is 3. The number of hydrogen-bond donors (Lipinski definition) is 2. The molecule has 0 bridgehead atoms. The number of hydrogen-bond acceptors (Lipinski definition) is 7. The van der Waals surface area contributed by atoms with Crippen molar-refractivity contribution in [2.45, 2.75) is 6.92 Å². The number of thiophene rings is 1. The molecule has 3 N–H and O–H groups in total. The minimum Gasteiger partial charge on any atom is -0.497 e. The lowest BCUT2D eigenvalue weighted by molar-refractivity contribution is 0.103. The summed E-state index contributed by atoms with van der Waals surface area (Å²) in [5, 5.41) is 4.16. The predicted octanol–water partition coefficient (Wildman–Crippen LogP) is 4.06. The van der Waals surface area contributed by atoms with Crippen molar-refractivity contribution in [1.29, 1.82) is 0 Å². The summed E-state index contributed by atoms with van der Waals surface area (Å²) in [5.41, 5.74) is 8.28. The van der Waals surface area contributed by atoms with Gasteiger partial charge in [0, 0.05) is 11.1 Å². The van der Waals surface area contributed by atoms with Crippen molar-refractivity contribution in [3.8, 4) is 5.75 Å². The fourth-order valence-corrected chi connectivity index (χ4v) is 4.42. The number of amides is 1. The third kappa shape index (κ3) is 2.79. The molecule has 8 heteroatoms. The van der Waals surface area contributed by atoms with Crippen molar-refractivity contribution in [2.75, 3.05) is 18.2 Å². The van der Waals surface area contributed by atoms with Crippen LogP contribution < -0.4 is 15.8 Å². The number of benzene rings is 1. The lowest BCUT2D eigenvalue weighted by Gasteiger charge is -1.99. The molecule has 0 radical (unpaired) electrons. The lowest BCUT2D eigenvalue weighted by Crippen LogP contribution is -2.11. The van der Waals surface area contributed by atoms with Gasteiger partial charge in [-0.1, -0.05) is 11.3 Å². The number of thiazole rings is 1. The smallest absolute Gasteiger partial charge is 0.269 e. The van der Waals surface area contributed by atoms with Gasteiger partial charge in [-0.15, -0.1) is 11.3 Å². The molecule has 0 spiro atoms. The SMILES string of the molecule is COc1ccc2nc(NC(=O)c3sc4nc(C)ccc4c3N)sc2c1. The first-order valence-electron chi connectivity index (χ1n) is 7.46. The molecule has 0 saturated carbocycles. The fraction of sp³-hybridized carbons (Fsp3) is 0.118. The highest BCUT2D eigenvalue weighted by Crippen LogP contribution is 2.34. The van der Waals surface area contributed by atoms with E-state index in [9.17, 15) is 4.79 Å². The van der Waals surface area contributed by atoms with Crippen molar-refractivity contribution < 1.29 is 9.53 Å². The molecule has 1 aromatic carbocycles. The highest BCUT2D eigenvalue weighted by Gasteiger charge is 2.18. The van der Waals surface area contributed by atoms with Crippen LogP contribution in [-0.2, 0) is 0 Å². The molecule has 0 unspecified atom stereocenters. The number of carbonyl (C=O) groups excluding carboxylic acids is 1. The Morgan fingerprint density at radius 3 is 2.84 bits per heavy atom. The van der Waals surface area contributed by atoms with Crippen molar-refractivity contribution in [1.82, 2.24) is 9.97 Å². The second-order valence-electron chi connectivity index (χ2n) is 5.46. The van der Waals surface area contributed by atoms with Crippen LogP contribution in [0.4, 0.5) is 10.8 Å². The fourth-order valence-electron chi connectivity index (χ4n) is 2.50. The molecule has 0 aliphatic carbocycles. The number of nitrogens with zero attached hydrogens (tertiary/aromatic N) is 2. The van der Waals surface area contributed by atoms with E-state index >= 15 is 0 Å². The molecule has 25 heavy (non-hydrogen) atoms. The van der Waals surface area contributed by atoms with Crippen molar-refractivity contribution >= 4 is 59.8 Å². The molecule has 0 fully saturated rings. The second-order valence-corrected chi connectivity index (χ2v) is 7.49. The maximum atomic E-state index is 12.6. The summed E-state index contributed by atoms with van der Waals surface area (Å²) in [4.78, 5) is 22.7. The standard InChI is InChI=1S/C17H14N4O2S2/c1-8-3-5-10-13(18)14(25-16(10)19-8)15(22)21-17-20-11-6-4-9(23-2)7-12(11)24-17/h3-7H,18H2,1-2H3,(H,20,21,22). The maximum absolute atomic E-state index is 12.6. The van der Waals surface area contributed by atoms with E-state index in [-0.39, 0.29) is 5.91 Å². The average molecular weight is 370 g/mol. The van der Waals surface area contributed by atoms with Gasteiger partial charge >= 0.3 is 0 Å². The van der Waals surface area contributed by atoms with E-state index in [1.54, 1.807) is 7.11 Å². The van der Waals surface area contributed by atoms with Gasteiger partial charge in [-0.3, -0.25) is 10.1 Å². The summed E-state index contributed by atoms with van der Waals surface area (Å²) >= 11 is 2.68. The Morgan fingerprint density at radius 1 is 1.20 bits per heavy atom. The number of aromatic nitrogens is 2. The molecule has 1 amide bonds. The van der Waals surface area contributed by atoms with Gasteiger partial charge in [0.2, 0.25) is 0 Å². The van der Waals surface area contributed by atoms with Crippen molar-refractivity contribution in [3.63, 3.8) is 0 Å². The molecule has 0 aliphatic heterocycles. The molecule has 126 valence electrons.